The first kappa shape index (κ1) is 18.1. The number of amides is 2. The standard InChI is InChI=1S/C19H23N3O4/c1-14-5-9-26-18(14)19(24)22-8-10-25-13-16(22)11-17(23)21-7-4-15-3-2-6-20-12-15/h2-3,5-6,9,12,16H,4,7-8,10-11,13H2,1H3,(H,21,23)/t16-/m1/s1. The van der Waals surface area contributed by atoms with E-state index in [4.69, 9.17) is 9.15 Å². The maximum absolute atomic E-state index is 12.7. The molecule has 26 heavy (non-hydrogen) atoms. The zero-order chi connectivity index (χ0) is 18.4. The highest BCUT2D eigenvalue weighted by atomic mass is 16.5. The molecule has 0 unspecified atom stereocenters. The first-order chi connectivity index (χ1) is 12.6. The van der Waals surface area contributed by atoms with Gasteiger partial charge in [0.25, 0.3) is 5.91 Å². The third kappa shape index (κ3) is 4.49. The summed E-state index contributed by atoms with van der Waals surface area (Å²) < 4.78 is 10.8. The molecule has 1 aliphatic heterocycles. The van der Waals surface area contributed by atoms with Crippen molar-refractivity contribution < 1.29 is 18.7 Å². The van der Waals surface area contributed by atoms with E-state index in [1.54, 1.807) is 23.4 Å². The molecule has 0 bridgehead atoms. The van der Waals surface area contributed by atoms with Gasteiger partial charge in [0.15, 0.2) is 5.76 Å². The Morgan fingerprint density at radius 3 is 3.00 bits per heavy atom. The lowest BCUT2D eigenvalue weighted by molar-refractivity contribution is -0.123. The van der Waals surface area contributed by atoms with E-state index in [1.165, 1.54) is 6.26 Å². The molecule has 0 spiro atoms. The number of hydrogen-bond donors (Lipinski definition) is 1. The summed E-state index contributed by atoms with van der Waals surface area (Å²) in [7, 11) is 0. The maximum Gasteiger partial charge on any atom is 0.290 e. The number of ether oxygens (including phenoxy) is 1. The summed E-state index contributed by atoms with van der Waals surface area (Å²) >= 11 is 0. The molecular formula is C19H23N3O4. The monoisotopic (exact) mass is 357 g/mol. The number of furan rings is 1. The van der Waals surface area contributed by atoms with E-state index in [1.807, 2.05) is 19.1 Å². The van der Waals surface area contributed by atoms with Gasteiger partial charge >= 0.3 is 0 Å². The Hall–Kier alpha value is -2.67. The first-order valence-corrected chi connectivity index (χ1v) is 8.73. The fourth-order valence-corrected chi connectivity index (χ4v) is 2.99. The zero-order valence-corrected chi connectivity index (χ0v) is 14.8. The van der Waals surface area contributed by atoms with Crippen LogP contribution in [0.1, 0.15) is 28.1 Å². The molecular weight excluding hydrogens is 334 g/mol. The summed E-state index contributed by atoms with van der Waals surface area (Å²) in [5.41, 5.74) is 1.86. The number of carbonyl (C=O) groups is 2. The number of pyridine rings is 1. The molecule has 1 aliphatic rings. The zero-order valence-electron chi connectivity index (χ0n) is 14.8. The van der Waals surface area contributed by atoms with Gasteiger partial charge in [-0.2, -0.15) is 0 Å². The molecule has 2 aromatic heterocycles. The van der Waals surface area contributed by atoms with Crippen molar-refractivity contribution in [1.82, 2.24) is 15.2 Å². The summed E-state index contributed by atoms with van der Waals surface area (Å²) in [5, 5.41) is 2.90. The Balaban J connectivity index is 1.53. The second-order valence-corrected chi connectivity index (χ2v) is 6.33. The van der Waals surface area contributed by atoms with Gasteiger partial charge in [-0.15, -0.1) is 0 Å². The van der Waals surface area contributed by atoms with Crippen LogP contribution in [-0.4, -0.2) is 54.0 Å². The topological polar surface area (TPSA) is 84.7 Å². The average Bonchev–Trinajstić information content (AvgIpc) is 3.08. The van der Waals surface area contributed by atoms with Crippen LogP contribution in [0, 0.1) is 6.92 Å². The molecule has 2 amide bonds. The summed E-state index contributed by atoms with van der Waals surface area (Å²) in [6, 6.07) is 5.31. The van der Waals surface area contributed by atoms with Gasteiger partial charge in [0, 0.05) is 37.5 Å². The van der Waals surface area contributed by atoms with E-state index in [9.17, 15) is 9.59 Å². The van der Waals surface area contributed by atoms with Gasteiger partial charge < -0.3 is 19.4 Å². The SMILES string of the molecule is Cc1ccoc1C(=O)N1CCOC[C@H]1CC(=O)NCCc1cccnc1. The molecule has 3 rings (SSSR count). The highest BCUT2D eigenvalue weighted by molar-refractivity contribution is 5.93. The van der Waals surface area contributed by atoms with Crippen LogP contribution in [0.3, 0.4) is 0 Å². The summed E-state index contributed by atoms with van der Waals surface area (Å²) in [6.07, 6.45) is 5.93. The Bertz CT molecular complexity index is 744. The maximum atomic E-state index is 12.7. The predicted molar refractivity (Wildman–Crippen MR) is 94.7 cm³/mol. The van der Waals surface area contributed by atoms with Crippen molar-refractivity contribution in [3.05, 3.63) is 53.7 Å². The van der Waals surface area contributed by atoms with Gasteiger partial charge in [-0.25, -0.2) is 0 Å². The minimum atomic E-state index is -0.292. The van der Waals surface area contributed by atoms with Crippen molar-refractivity contribution in [2.24, 2.45) is 0 Å². The van der Waals surface area contributed by atoms with Gasteiger partial charge in [-0.3, -0.25) is 14.6 Å². The highest BCUT2D eigenvalue weighted by Crippen LogP contribution is 2.18. The molecule has 1 N–H and O–H groups in total. The number of rotatable bonds is 6. The van der Waals surface area contributed by atoms with Crippen molar-refractivity contribution in [3.8, 4) is 0 Å². The fourth-order valence-electron chi connectivity index (χ4n) is 2.99. The number of nitrogens with zero attached hydrogens (tertiary/aromatic N) is 2. The van der Waals surface area contributed by atoms with Gasteiger partial charge in [0.05, 0.1) is 25.5 Å². The summed E-state index contributed by atoms with van der Waals surface area (Å²) in [5.74, 6) is 0.0382. The lowest BCUT2D eigenvalue weighted by atomic mass is 10.1. The predicted octanol–water partition coefficient (Wildman–Crippen LogP) is 1.57. The number of carbonyl (C=O) groups excluding carboxylic acids is 2. The molecule has 0 aliphatic carbocycles. The van der Waals surface area contributed by atoms with Crippen molar-refractivity contribution in [2.75, 3.05) is 26.3 Å². The molecule has 1 saturated heterocycles. The molecule has 7 nitrogen and oxygen atoms in total. The van der Waals surface area contributed by atoms with Crippen LogP contribution in [0.25, 0.3) is 0 Å². The third-order valence-electron chi connectivity index (χ3n) is 4.42. The molecule has 7 heteroatoms. The minimum absolute atomic E-state index is 0.0987. The van der Waals surface area contributed by atoms with Crippen LogP contribution in [0.4, 0.5) is 0 Å². The van der Waals surface area contributed by atoms with E-state index in [0.717, 1.165) is 17.5 Å². The van der Waals surface area contributed by atoms with Crippen molar-refractivity contribution in [2.45, 2.75) is 25.8 Å². The van der Waals surface area contributed by atoms with Crippen LogP contribution in [0.5, 0.6) is 0 Å². The Kier molecular flexibility index (Phi) is 6.01. The molecule has 1 fully saturated rings. The van der Waals surface area contributed by atoms with Crippen LogP contribution in [0.2, 0.25) is 0 Å². The number of aromatic nitrogens is 1. The summed E-state index contributed by atoms with van der Waals surface area (Å²) in [4.78, 5) is 30.7. The van der Waals surface area contributed by atoms with Gasteiger partial charge in [-0.05, 0) is 31.0 Å². The Morgan fingerprint density at radius 1 is 1.38 bits per heavy atom. The van der Waals surface area contributed by atoms with E-state index >= 15 is 0 Å². The van der Waals surface area contributed by atoms with Crippen molar-refractivity contribution in [1.29, 1.82) is 0 Å². The molecule has 0 aromatic carbocycles. The van der Waals surface area contributed by atoms with Crippen LogP contribution < -0.4 is 5.32 Å². The second-order valence-electron chi connectivity index (χ2n) is 6.33. The van der Waals surface area contributed by atoms with Crippen molar-refractivity contribution >= 4 is 11.8 Å². The number of nitrogens with one attached hydrogen (secondary N) is 1. The van der Waals surface area contributed by atoms with Gasteiger partial charge in [0.2, 0.25) is 5.91 Å². The molecule has 0 saturated carbocycles. The molecule has 2 aromatic rings. The lowest BCUT2D eigenvalue weighted by Crippen LogP contribution is -2.50. The van der Waals surface area contributed by atoms with Crippen molar-refractivity contribution in [3.63, 3.8) is 0 Å². The highest BCUT2D eigenvalue weighted by Gasteiger charge is 2.31. The molecule has 1 atom stereocenters. The third-order valence-corrected chi connectivity index (χ3v) is 4.42. The van der Waals surface area contributed by atoms with Gasteiger partial charge in [0.1, 0.15) is 0 Å². The summed E-state index contributed by atoms with van der Waals surface area (Å²) in [6.45, 7) is 3.62. The number of aryl methyl sites for hydroxylation is 1. The number of morpholine rings is 1. The van der Waals surface area contributed by atoms with Crippen LogP contribution >= 0.6 is 0 Å². The second kappa shape index (κ2) is 8.62. The van der Waals surface area contributed by atoms with E-state index in [2.05, 4.69) is 10.3 Å². The molecule has 3 heterocycles. The largest absolute Gasteiger partial charge is 0.459 e. The average molecular weight is 357 g/mol. The van der Waals surface area contributed by atoms with E-state index < -0.39 is 0 Å². The Morgan fingerprint density at radius 2 is 2.27 bits per heavy atom. The minimum Gasteiger partial charge on any atom is -0.459 e. The van der Waals surface area contributed by atoms with E-state index in [0.29, 0.717) is 32.1 Å². The smallest absolute Gasteiger partial charge is 0.290 e. The van der Waals surface area contributed by atoms with E-state index in [-0.39, 0.29) is 24.3 Å². The quantitative estimate of drug-likeness (QED) is 0.848. The fraction of sp³-hybridized carbons (Fsp3) is 0.421. The molecule has 0 radical (unpaired) electrons. The molecule has 138 valence electrons. The van der Waals surface area contributed by atoms with Gasteiger partial charge in [-0.1, -0.05) is 6.07 Å². The first-order valence-electron chi connectivity index (χ1n) is 8.73. The normalized spacial score (nSPS) is 17.1. The number of hydrogen-bond acceptors (Lipinski definition) is 5. The van der Waals surface area contributed by atoms with Crippen LogP contribution in [-0.2, 0) is 16.0 Å². The lowest BCUT2D eigenvalue weighted by Gasteiger charge is -2.34. The van der Waals surface area contributed by atoms with Crippen LogP contribution in [0.15, 0.2) is 41.3 Å². The Labute approximate surface area is 152 Å².